The summed E-state index contributed by atoms with van der Waals surface area (Å²) in [6, 6.07) is 99.8. The van der Waals surface area contributed by atoms with E-state index in [0.717, 1.165) is 38.5 Å². The van der Waals surface area contributed by atoms with E-state index >= 15 is 0 Å². The number of rotatable bonds is 6. The molecular weight excluding hydrogens is 1040 g/mol. The summed E-state index contributed by atoms with van der Waals surface area (Å²) in [4.78, 5) is 0. The number of thiophene rings is 2. The van der Waals surface area contributed by atoms with E-state index in [0.29, 0.717) is 0 Å². The third-order valence-corrected chi connectivity index (χ3v) is 18.8. The average Bonchev–Trinajstić information content (AvgIpc) is 3.69. The Kier molecular flexibility index (Phi) is 10.6. The van der Waals surface area contributed by atoms with Gasteiger partial charge in [-0.15, -0.1) is 22.7 Å². The molecule has 0 saturated carbocycles. The number of hydrogen-bond acceptors (Lipinski definition) is 4. The second kappa shape index (κ2) is 18.7. The van der Waals surface area contributed by atoms with Gasteiger partial charge in [0.2, 0.25) is 0 Å². The van der Waals surface area contributed by atoms with E-state index in [2.05, 4.69) is 264 Å². The lowest BCUT2D eigenvalue weighted by molar-refractivity contribution is 0.668. The molecule has 12 aromatic carbocycles. The summed E-state index contributed by atoms with van der Waals surface area (Å²) >= 11 is 3.78. The molecule has 0 unspecified atom stereocenters. The predicted molar refractivity (Wildman–Crippen MR) is 349 cm³/mol. The molecule has 6 heteroatoms. The van der Waals surface area contributed by atoms with Crippen LogP contribution in [0.1, 0.15) is 0 Å². The molecule has 384 valence electrons. The fourth-order valence-corrected chi connectivity index (χ4v) is 15.3. The number of para-hydroxylation sites is 6. The van der Waals surface area contributed by atoms with E-state index in [1.54, 1.807) is 0 Å². The summed E-state index contributed by atoms with van der Waals surface area (Å²) in [6.07, 6.45) is 0. The highest BCUT2D eigenvalue weighted by Crippen LogP contribution is 2.48. The lowest BCUT2D eigenvalue weighted by Crippen LogP contribution is -1.93. The van der Waals surface area contributed by atoms with Gasteiger partial charge in [-0.25, -0.2) is 0 Å². The second-order valence-corrected chi connectivity index (χ2v) is 23.1. The Hall–Kier alpha value is -10.2. The Labute approximate surface area is 478 Å². The highest BCUT2D eigenvalue weighted by atomic mass is 32.1. The molecule has 0 aliphatic rings. The minimum atomic E-state index is 0.923. The van der Waals surface area contributed by atoms with Crippen LogP contribution in [0.5, 0.6) is 0 Å². The van der Waals surface area contributed by atoms with Crippen molar-refractivity contribution in [3.8, 4) is 55.9 Å². The molecule has 0 aliphatic carbocycles. The van der Waals surface area contributed by atoms with Gasteiger partial charge in [-0.3, -0.25) is 0 Å². The van der Waals surface area contributed by atoms with Crippen molar-refractivity contribution in [3.63, 3.8) is 0 Å². The summed E-state index contributed by atoms with van der Waals surface area (Å²) < 4.78 is 22.4. The Morgan fingerprint density at radius 2 is 0.646 bits per heavy atom. The number of hydrogen-bond donors (Lipinski definition) is 0. The van der Waals surface area contributed by atoms with Crippen molar-refractivity contribution >= 4 is 129 Å². The first kappa shape index (κ1) is 46.7. The van der Waals surface area contributed by atoms with Gasteiger partial charge in [-0.1, -0.05) is 200 Å². The van der Waals surface area contributed by atoms with E-state index in [1.165, 1.54) is 124 Å². The summed E-state index contributed by atoms with van der Waals surface area (Å²) in [5.41, 5.74) is 20.9. The quantitative estimate of drug-likeness (QED) is 0.166. The minimum Gasteiger partial charge on any atom is -0.456 e. The molecule has 0 aliphatic heterocycles. The van der Waals surface area contributed by atoms with Gasteiger partial charge < -0.3 is 18.0 Å². The smallest absolute Gasteiger partial charge is 0.136 e. The number of furan rings is 2. The van der Waals surface area contributed by atoms with Gasteiger partial charge in [-0.2, -0.15) is 0 Å². The fraction of sp³-hybridized carbons (Fsp3) is 0. The molecule has 6 heterocycles. The summed E-state index contributed by atoms with van der Waals surface area (Å²) in [7, 11) is 0. The lowest BCUT2D eigenvalue weighted by Gasteiger charge is -2.11. The SMILES string of the molecule is c1ccc(-n2c3ccccc3c3sc4cccc(-c5ccc(-c6ccc7oc8ccccc8c7c6)cc5)c4c32)cc1.c1ccc(-n2c3ccccc3c3sc4cccc(-c5ccc(-c6cccc7oc8ccccc8c67)cc5)c4c32)cc1. The van der Waals surface area contributed by atoms with Gasteiger partial charge in [0.05, 0.1) is 31.5 Å². The van der Waals surface area contributed by atoms with Crippen molar-refractivity contribution < 1.29 is 8.83 Å². The zero-order valence-electron chi connectivity index (χ0n) is 44.1. The van der Waals surface area contributed by atoms with E-state index in [9.17, 15) is 0 Å². The first-order valence-electron chi connectivity index (χ1n) is 27.7. The molecule has 82 heavy (non-hydrogen) atoms. The highest BCUT2D eigenvalue weighted by molar-refractivity contribution is 7.27. The van der Waals surface area contributed by atoms with Crippen LogP contribution in [-0.4, -0.2) is 9.13 Å². The zero-order valence-corrected chi connectivity index (χ0v) is 45.7. The molecule has 0 radical (unpaired) electrons. The van der Waals surface area contributed by atoms with Crippen LogP contribution in [0, 0.1) is 0 Å². The van der Waals surface area contributed by atoms with Crippen LogP contribution in [0.25, 0.3) is 162 Å². The largest absolute Gasteiger partial charge is 0.456 e. The molecule has 0 amide bonds. The summed E-state index contributed by atoms with van der Waals surface area (Å²) in [5.74, 6) is 0. The molecule has 0 bridgehead atoms. The van der Waals surface area contributed by atoms with Crippen LogP contribution in [0.4, 0.5) is 0 Å². The minimum absolute atomic E-state index is 0.923. The van der Waals surface area contributed by atoms with Crippen molar-refractivity contribution in [2.45, 2.75) is 0 Å². The van der Waals surface area contributed by atoms with Gasteiger partial charge in [0.15, 0.2) is 0 Å². The first-order chi connectivity index (χ1) is 40.7. The molecule has 0 spiro atoms. The van der Waals surface area contributed by atoms with E-state index in [1.807, 2.05) is 46.9 Å². The Morgan fingerprint density at radius 3 is 1.20 bits per heavy atom. The van der Waals surface area contributed by atoms with Crippen molar-refractivity contribution in [3.05, 3.63) is 279 Å². The highest BCUT2D eigenvalue weighted by Gasteiger charge is 2.23. The van der Waals surface area contributed by atoms with Gasteiger partial charge >= 0.3 is 0 Å². The lowest BCUT2D eigenvalue weighted by atomic mass is 9.96. The molecule has 0 saturated heterocycles. The third-order valence-electron chi connectivity index (χ3n) is 16.5. The van der Waals surface area contributed by atoms with Gasteiger partial charge in [0.25, 0.3) is 0 Å². The summed E-state index contributed by atoms with van der Waals surface area (Å²) in [5, 5.41) is 9.86. The van der Waals surface area contributed by atoms with Gasteiger partial charge in [0.1, 0.15) is 22.3 Å². The number of aromatic nitrogens is 2. The maximum absolute atomic E-state index is 6.16. The Bertz CT molecular complexity index is 5500. The Morgan fingerprint density at radius 1 is 0.256 bits per heavy atom. The maximum atomic E-state index is 6.16. The van der Waals surface area contributed by atoms with Crippen molar-refractivity contribution in [1.82, 2.24) is 9.13 Å². The number of nitrogens with zero attached hydrogens (tertiary/aromatic N) is 2. The van der Waals surface area contributed by atoms with Crippen LogP contribution in [0.3, 0.4) is 0 Å². The fourth-order valence-electron chi connectivity index (χ4n) is 12.8. The van der Waals surface area contributed by atoms with Gasteiger partial charge in [0, 0.05) is 63.9 Å². The van der Waals surface area contributed by atoms with Crippen LogP contribution in [0.2, 0.25) is 0 Å². The molecule has 0 fully saturated rings. The Balaban J connectivity index is 0.000000130. The molecule has 6 aromatic heterocycles. The van der Waals surface area contributed by atoms with Crippen LogP contribution < -0.4 is 0 Å². The maximum Gasteiger partial charge on any atom is 0.136 e. The molecule has 18 rings (SSSR count). The van der Waals surface area contributed by atoms with Gasteiger partial charge in [-0.05, 0) is 123 Å². The second-order valence-electron chi connectivity index (χ2n) is 21.0. The van der Waals surface area contributed by atoms with E-state index < -0.39 is 0 Å². The average molecular weight is 1080 g/mol. The topological polar surface area (TPSA) is 36.1 Å². The standard InChI is InChI=1S/2C38H23NOS/c1-2-10-26(11-3-1)39-31-16-6-4-12-29(31)38-37(39)36-28(15-9-19-34(36)41-38)25-22-20-24(21-23-25)27-14-8-18-33-35(27)30-13-5-7-17-32(30)40-33;1-2-9-27(10-3-1)39-32-14-6-4-12-30(32)38-37(39)36-28(13-8-16-35(36)41-38)25-19-17-24(18-20-25)26-21-22-34-31(23-26)29-11-5-7-15-33(29)40-34/h2*1-23H. The molecule has 0 N–H and O–H groups in total. The first-order valence-corrected chi connectivity index (χ1v) is 29.4. The van der Waals surface area contributed by atoms with E-state index in [4.69, 9.17) is 8.83 Å². The van der Waals surface area contributed by atoms with Crippen molar-refractivity contribution in [2.75, 3.05) is 0 Å². The molecule has 18 aromatic rings. The number of fused-ring (bicyclic) bond motifs is 16. The number of benzene rings is 12. The molecule has 0 atom stereocenters. The van der Waals surface area contributed by atoms with Crippen molar-refractivity contribution in [2.24, 2.45) is 0 Å². The summed E-state index contributed by atoms with van der Waals surface area (Å²) in [6.45, 7) is 0. The molecular formula is C76H46N2O2S2. The monoisotopic (exact) mass is 1080 g/mol. The van der Waals surface area contributed by atoms with Crippen LogP contribution in [-0.2, 0) is 0 Å². The normalized spacial score (nSPS) is 11.9. The molecule has 4 nitrogen and oxygen atoms in total. The predicted octanol–water partition coefficient (Wildman–Crippen LogP) is 22.5. The van der Waals surface area contributed by atoms with Crippen LogP contribution >= 0.6 is 22.7 Å². The zero-order chi connectivity index (χ0) is 53.8. The third kappa shape index (κ3) is 7.29. The van der Waals surface area contributed by atoms with Crippen molar-refractivity contribution in [1.29, 1.82) is 0 Å². The van der Waals surface area contributed by atoms with Crippen LogP contribution in [0.15, 0.2) is 288 Å². The van der Waals surface area contributed by atoms with E-state index in [-0.39, 0.29) is 0 Å².